The molecule has 0 radical (unpaired) electrons. The number of carbonyl (C=O) groups is 1. The van der Waals surface area contributed by atoms with E-state index >= 15 is 0 Å². The Bertz CT molecular complexity index is 381. The molecule has 0 saturated carbocycles. The molecule has 7 heteroatoms. The molecule has 0 aliphatic heterocycles. The summed E-state index contributed by atoms with van der Waals surface area (Å²) in [5.41, 5.74) is 0.282. The van der Waals surface area contributed by atoms with E-state index in [4.69, 9.17) is 33.0 Å². The van der Waals surface area contributed by atoms with Gasteiger partial charge in [0.05, 0.1) is 19.3 Å². The molecule has 5 nitrogen and oxygen atoms in total. The van der Waals surface area contributed by atoms with Gasteiger partial charge in [-0.15, -0.1) is 0 Å². The molecule has 2 N–H and O–H groups in total. The Labute approximate surface area is 109 Å². The number of aliphatic hydroxyl groups excluding tert-OH is 1. The van der Waals surface area contributed by atoms with Crippen molar-refractivity contribution in [2.75, 3.05) is 20.3 Å². The first kappa shape index (κ1) is 14.2. The topological polar surface area (TPSA) is 71.5 Å². The van der Waals surface area contributed by atoms with E-state index in [1.807, 2.05) is 0 Å². The zero-order valence-electron chi connectivity index (χ0n) is 9.11. The van der Waals surface area contributed by atoms with Crippen molar-refractivity contribution in [1.29, 1.82) is 0 Å². The molecular formula is C10H12Cl2N2O3. The minimum Gasteiger partial charge on any atom is -0.394 e. The molecule has 1 aromatic rings. The van der Waals surface area contributed by atoms with Gasteiger partial charge in [-0.2, -0.15) is 0 Å². The molecule has 0 bridgehead atoms. The lowest BCUT2D eigenvalue weighted by atomic mass is 10.2. The summed E-state index contributed by atoms with van der Waals surface area (Å²) in [4.78, 5) is 15.5. The Balaban J connectivity index is 2.75. The van der Waals surface area contributed by atoms with E-state index in [0.717, 1.165) is 0 Å². The van der Waals surface area contributed by atoms with Crippen LogP contribution in [-0.4, -0.2) is 42.4 Å². The third-order valence-corrected chi connectivity index (χ3v) is 2.34. The summed E-state index contributed by atoms with van der Waals surface area (Å²) in [6, 6.07) is 2.31. The van der Waals surface area contributed by atoms with Crippen LogP contribution < -0.4 is 5.32 Å². The first-order valence-corrected chi connectivity index (χ1v) is 5.56. The summed E-state index contributed by atoms with van der Waals surface area (Å²) in [6.45, 7) is 0.000908. The number of nitrogens with one attached hydrogen (secondary N) is 1. The third-order valence-electron chi connectivity index (χ3n) is 1.95. The molecule has 0 saturated heterocycles. The molecule has 1 atom stereocenters. The molecule has 1 aromatic heterocycles. The predicted molar refractivity (Wildman–Crippen MR) is 64.5 cm³/mol. The second kappa shape index (κ2) is 6.76. The lowest BCUT2D eigenvalue weighted by Crippen LogP contribution is -2.40. The van der Waals surface area contributed by atoms with Crippen LogP contribution in [0.1, 0.15) is 10.4 Å². The Morgan fingerprint density at radius 2 is 2.12 bits per heavy atom. The molecule has 0 aliphatic carbocycles. The first-order chi connectivity index (χ1) is 8.06. The second-order valence-corrected chi connectivity index (χ2v) is 4.08. The Hall–Kier alpha value is -0.880. The van der Waals surface area contributed by atoms with Gasteiger partial charge in [-0.25, -0.2) is 4.98 Å². The van der Waals surface area contributed by atoms with Crippen molar-refractivity contribution in [3.8, 4) is 0 Å². The number of aromatic nitrogens is 1. The average molecular weight is 279 g/mol. The molecule has 0 fully saturated rings. The molecule has 94 valence electrons. The first-order valence-electron chi connectivity index (χ1n) is 4.80. The maximum absolute atomic E-state index is 11.8. The van der Waals surface area contributed by atoms with Crippen LogP contribution in [0.15, 0.2) is 12.1 Å². The van der Waals surface area contributed by atoms with Crippen molar-refractivity contribution in [2.45, 2.75) is 6.04 Å². The summed E-state index contributed by atoms with van der Waals surface area (Å²) >= 11 is 11.4. The van der Waals surface area contributed by atoms with Crippen LogP contribution in [0.2, 0.25) is 10.3 Å². The van der Waals surface area contributed by atoms with Crippen LogP contribution in [0.4, 0.5) is 0 Å². The molecule has 0 aromatic carbocycles. The average Bonchev–Trinajstić information content (AvgIpc) is 2.27. The standard InChI is InChI=1S/C10H12Cl2N2O3/c1-17-5-7(4-15)13-10(16)6-2-8(11)14-9(12)3-6/h2-3,7,15H,4-5H2,1H3,(H,13,16). The van der Waals surface area contributed by atoms with Gasteiger partial charge in [0, 0.05) is 12.7 Å². The molecule has 1 amide bonds. The summed E-state index contributed by atoms with van der Waals surface area (Å²) < 4.78 is 4.84. The van der Waals surface area contributed by atoms with E-state index < -0.39 is 11.9 Å². The van der Waals surface area contributed by atoms with Gasteiger partial charge in [0.25, 0.3) is 5.91 Å². The highest BCUT2D eigenvalue weighted by Crippen LogP contribution is 2.14. The van der Waals surface area contributed by atoms with Crippen LogP contribution in [0.3, 0.4) is 0 Å². The number of hydrogen-bond acceptors (Lipinski definition) is 4. The number of rotatable bonds is 5. The number of aliphatic hydroxyl groups is 1. The number of amides is 1. The van der Waals surface area contributed by atoms with Crippen molar-refractivity contribution >= 4 is 29.1 Å². The van der Waals surface area contributed by atoms with Gasteiger partial charge in [0.2, 0.25) is 0 Å². The largest absolute Gasteiger partial charge is 0.394 e. The van der Waals surface area contributed by atoms with Crippen molar-refractivity contribution < 1.29 is 14.6 Å². The number of pyridine rings is 1. The van der Waals surface area contributed by atoms with E-state index in [-0.39, 0.29) is 29.1 Å². The van der Waals surface area contributed by atoms with Crippen LogP contribution in [0.5, 0.6) is 0 Å². The normalized spacial score (nSPS) is 12.2. The molecular weight excluding hydrogens is 267 g/mol. The third kappa shape index (κ3) is 4.47. The van der Waals surface area contributed by atoms with Gasteiger partial charge in [-0.05, 0) is 12.1 Å². The van der Waals surface area contributed by atoms with Crippen molar-refractivity contribution in [1.82, 2.24) is 10.3 Å². The second-order valence-electron chi connectivity index (χ2n) is 3.31. The highest BCUT2D eigenvalue weighted by molar-refractivity contribution is 6.33. The fourth-order valence-electron chi connectivity index (χ4n) is 1.21. The van der Waals surface area contributed by atoms with Gasteiger partial charge in [0.15, 0.2) is 0 Å². The lowest BCUT2D eigenvalue weighted by molar-refractivity contribution is 0.0839. The Morgan fingerprint density at radius 1 is 1.53 bits per heavy atom. The van der Waals surface area contributed by atoms with Crippen molar-refractivity contribution in [2.24, 2.45) is 0 Å². The van der Waals surface area contributed by atoms with Crippen LogP contribution in [-0.2, 0) is 4.74 Å². The summed E-state index contributed by atoms with van der Waals surface area (Å²) in [7, 11) is 1.48. The summed E-state index contributed by atoms with van der Waals surface area (Å²) in [5, 5.41) is 11.9. The Kier molecular flexibility index (Phi) is 5.64. The van der Waals surface area contributed by atoms with Gasteiger partial charge >= 0.3 is 0 Å². The minimum atomic E-state index is -0.474. The molecule has 17 heavy (non-hydrogen) atoms. The summed E-state index contributed by atoms with van der Waals surface area (Å²) in [5.74, 6) is -0.396. The number of nitrogens with zero attached hydrogens (tertiary/aromatic N) is 1. The lowest BCUT2D eigenvalue weighted by Gasteiger charge is -2.15. The number of methoxy groups -OCH3 is 1. The summed E-state index contributed by atoms with van der Waals surface area (Å²) in [6.07, 6.45) is 0. The maximum Gasteiger partial charge on any atom is 0.251 e. The molecule has 0 spiro atoms. The SMILES string of the molecule is COCC(CO)NC(=O)c1cc(Cl)nc(Cl)c1. The maximum atomic E-state index is 11.8. The van der Waals surface area contributed by atoms with Gasteiger partial charge in [-0.1, -0.05) is 23.2 Å². The van der Waals surface area contributed by atoms with E-state index in [1.165, 1.54) is 19.2 Å². The monoisotopic (exact) mass is 278 g/mol. The number of hydrogen-bond donors (Lipinski definition) is 2. The predicted octanol–water partition coefficient (Wildman–Crippen LogP) is 1.13. The van der Waals surface area contributed by atoms with Gasteiger partial charge in [0.1, 0.15) is 10.3 Å². The highest BCUT2D eigenvalue weighted by Gasteiger charge is 2.14. The van der Waals surface area contributed by atoms with Crippen LogP contribution >= 0.6 is 23.2 Å². The van der Waals surface area contributed by atoms with Crippen LogP contribution in [0.25, 0.3) is 0 Å². The minimum absolute atomic E-state index is 0.134. The quantitative estimate of drug-likeness (QED) is 0.792. The number of carbonyl (C=O) groups excluding carboxylic acids is 1. The van der Waals surface area contributed by atoms with Gasteiger partial charge < -0.3 is 15.2 Å². The zero-order chi connectivity index (χ0) is 12.8. The number of ether oxygens (including phenoxy) is 1. The van der Waals surface area contributed by atoms with E-state index in [9.17, 15) is 4.79 Å². The molecule has 1 rings (SSSR count). The van der Waals surface area contributed by atoms with Crippen LogP contribution in [0, 0.1) is 0 Å². The molecule has 1 heterocycles. The smallest absolute Gasteiger partial charge is 0.251 e. The fourth-order valence-corrected chi connectivity index (χ4v) is 1.67. The van der Waals surface area contributed by atoms with Crippen molar-refractivity contribution in [3.63, 3.8) is 0 Å². The van der Waals surface area contributed by atoms with E-state index in [1.54, 1.807) is 0 Å². The van der Waals surface area contributed by atoms with Gasteiger partial charge in [-0.3, -0.25) is 4.79 Å². The molecule has 0 aliphatic rings. The highest BCUT2D eigenvalue weighted by atomic mass is 35.5. The molecule has 1 unspecified atom stereocenters. The number of halogens is 2. The van der Waals surface area contributed by atoms with E-state index in [2.05, 4.69) is 10.3 Å². The van der Waals surface area contributed by atoms with E-state index in [0.29, 0.717) is 0 Å². The fraction of sp³-hybridized carbons (Fsp3) is 0.400. The van der Waals surface area contributed by atoms with Crippen molar-refractivity contribution in [3.05, 3.63) is 28.0 Å². The zero-order valence-corrected chi connectivity index (χ0v) is 10.6. The Morgan fingerprint density at radius 3 is 2.59 bits per heavy atom.